The minimum Gasteiger partial charge on any atom is -0.399 e. The number of hydrogen-bond donors (Lipinski definition) is 1. The normalized spacial score (nSPS) is 10.7. The van der Waals surface area contributed by atoms with Gasteiger partial charge in [0.1, 0.15) is 5.82 Å². The van der Waals surface area contributed by atoms with E-state index in [1.165, 1.54) is 6.07 Å². The largest absolute Gasteiger partial charge is 0.399 e. The lowest BCUT2D eigenvalue weighted by molar-refractivity contribution is 0.348. The van der Waals surface area contributed by atoms with Gasteiger partial charge in [0, 0.05) is 24.3 Å². The van der Waals surface area contributed by atoms with Crippen LogP contribution < -0.4 is 5.73 Å². The summed E-state index contributed by atoms with van der Waals surface area (Å²) >= 11 is 0. The third-order valence-corrected chi connectivity index (χ3v) is 2.06. The smallest absolute Gasteiger partial charge is 0.129 e. The first kappa shape index (κ1) is 11.7. The van der Waals surface area contributed by atoms with Gasteiger partial charge in [0.2, 0.25) is 0 Å². The predicted octanol–water partition coefficient (Wildman–Crippen LogP) is 2.42. The molecule has 0 saturated heterocycles. The van der Waals surface area contributed by atoms with Gasteiger partial charge in [0.15, 0.2) is 0 Å². The summed E-state index contributed by atoms with van der Waals surface area (Å²) in [5.41, 5.74) is 7.65. The molecule has 0 aliphatic carbocycles. The summed E-state index contributed by atoms with van der Waals surface area (Å²) in [5.74, 6) is -0.247. The van der Waals surface area contributed by atoms with E-state index < -0.39 is 0 Å². The fourth-order valence-electron chi connectivity index (χ4n) is 1.50. The third-order valence-electron chi connectivity index (χ3n) is 2.06. The maximum atomic E-state index is 13.4. The molecule has 1 aromatic carbocycles. The molecule has 0 fully saturated rings. The molecule has 2 N–H and O–H groups in total. The molecule has 0 radical (unpaired) electrons. The highest BCUT2D eigenvalue weighted by Gasteiger charge is 2.05. The van der Waals surface area contributed by atoms with Crippen LogP contribution in [0.5, 0.6) is 0 Å². The van der Waals surface area contributed by atoms with Crippen molar-refractivity contribution in [3.63, 3.8) is 0 Å². The average Bonchev–Trinajstić information content (AvgIpc) is 2.08. The SMILES string of the molecule is C=C(C)CN(C)Cc1ccc(N)cc1F. The average molecular weight is 208 g/mol. The van der Waals surface area contributed by atoms with Crippen molar-refractivity contribution in [3.05, 3.63) is 41.7 Å². The molecular weight excluding hydrogens is 191 g/mol. The topological polar surface area (TPSA) is 29.3 Å². The van der Waals surface area contributed by atoms with Crippen molar-refractivity contribution in [3.8, 4) is 0 Å². The van der Waals surface area contributed by atoms with Crippen molar-refractivity contribution in [1.82, 2.24) is 4.90 Å². The summed E-state index contributed by atoms with van der Waals surface area (Å²) in [6.07, 6.45) is 0. The highest BCUT2D eigenvalue weighted by atomic mass is 19.1. The Balaban J connectivity index is 2.68. The van der Waals surface area contributed by atoms with Crippen LogP contribution in [-0.2, 0) is 6.54 Å². The summed E-state index contributed by atoms with van der Waals surface area (Å²) in [5, 5.41) is 0. The maximum absolute atomic E-state index is 13.4. The zero-order chi connectivity index (χ0) is 11.4. The predicted molar refractivity (Wildman–Crippen MR) is 62.0 cm³/mol. The van der Waals surface area contributed by atoms with Crippen LogP contribution in [-0.4, -0.2) is 18.5 Å². The van der Waals surface area contributed by atoms with E-state index in [4.69, 9.17) is 5.73 Å². The van der Waals surface area contributed by atoms with E-state index in [1.54, 1.807) is 12.1 Å². The monoisotopic (exact) mass is 208 g/mol. The van der Waals surface area contributed by atoms with Crippen LogP contribution in [0.3, 0.4) is 0 Å². The van der Waals surface area contributed by atoms with Crippen LogP contribution in [0.2, 0.25) is 0 Å². The molecular formula is C12H17FN2. The van der Waals surface area contributed by atoms with Crippen molar-refractivity contribution in [2.24, 2.45) is 0 Å². The number of hydrogen-bond acceptors (Lipinski definition) is 2. The van der Waals surface area contributed by atoms with Crippen molar-refractivity contribution < 1.29 is 4.39 Å². The molecule has 1 aromatic rings. The molecule has 0 heterocycles. The second-order valence-electron chi connectivity index (χ2n) is 3.98. The van der Waals surface area contributed by atoms with E-state index in [-0.39, 0.29) is 5.82 Å². The summed E-state index contributed by atoms with van der Waals surface area (Å²) in [6, 6.07) is 4.79. The fourth-order valence-corrected chi connectivity index (χ4v) is 1.50. The maximum Gasteiger partial charge on any atom is 0.129 e. The molecule has 1 rings (SSSR count). The Hall–Kier alpha value is -1.35. The first-order valence-electron chi connectivity index (χ1n) is 4.86. The Morgan fingerprint density at radius 3 is 2.73 bits per heavy atom. The minimum absolute atomic E-state index is 0.247. The number of nitrogen functional groups attached to an aromatic ring is 1. The lowest BCUT2D eigenvalue weighted by Crippen LogP contribution is -2.20. The molecule has 0 unspecified atom stereocenters. The van der Waals surface area contributed by atoms with Crippen LogP contribution in [0.4, 0.5) is 10.1 Å². The lowest BCUT2D eigenvalue weighted by Gasteiger charge is -2.17. The first-order valence-corrected chi connectivity index (χ1v) is 4.86. The van der Waals surface area contributed by atoms with Crippen LogP contribution in [0.1, 0.15) is 12.5 Å². The van der Waals surface area contributed by atoms with Gasteiger partial charge in [-0.25, -0.2) is 4.39 Å². The number of rotatable bonds is 4. The first-order chi connectivity index (χ1) is 6.99. The number of benzene rings is 1. The van der Waals surface area contributed by atoms with Gasteiger partial charge < -0.3 is 5.73 Å². The Kier molecular flexibility index (Phi) is 3.86. The van der Waals surface area contributed by atoms with Crippen LogP contribution in [0.25, 0.3) is 0 Å². The highest BCUT2D eigenvalue weighted by molar-refractivity contribution is 5.40. The molecule has 3 heteroatoms. The Labute approximate surface area is 90.2 Å². The van der Waals surface area contributed by atoms with Gasteiger partial charge in [-0.15, -0.1) is 0 Å². The van der Waals surface area contributed by atoms with Gasteiger partial charge in [-0.2, -0.15) is 0 Å². The van der Waals surface area contributed by atoms with Crippen molar-refractivity contribution in [1.29, 1.82) is 0 Å². The zero-order valence-corrected chi connectivity index (χ0v) is 9.26. The zero-order valence-electron chi connectivity index (χ0n) is 9.26. The van der Waals surface area contributed by atoms with E-state index in [9.17, 15) is 4.39 Å². The summed E-state index contributed by atoms with van der Waals surface area (Å²) < 4.78 is 13.4. The third kappa shape index (κ3) is 3.72. The Morgan fingerprint density at radius 2 is 2.20 bits per heavy atom. The molecule has 0 spiro atoms. The lowest BCUT2D eigenvalue weighted by atomic mass is 10.2. The second-order valence-corrected chi connectivity index (χ2v) is 3.98. The van der Waals surface area contributed by atoms with Crippen molar-refractivity contribution in [2.75, 3.05) is 19.3 Å². The van der Waals surface area contributed by atoms with E-state index in [2.05, 4.69) is 6.58 Å². The number of nitrogens with two attached hydrogens (primary N) is 1. The van der Waals surface area contributed by atoms with Gasteiger partial charge in [0.05, 0.1) is 0 Å². The molecule has 0 aliphatic heterocycles. The van der Waals surface area contributed by atoms with E-state index in [0.29, 0.717) is 17.8 Å². The second kappa shape index (κ2) is 4.94. The van der Waals surface area contributed by atoms with Gasteiger partial charge >= 0.3 is 0 Å². The highest BCUT2D eigenvalue weighted by Crippen LogP contribution is 2.13. The summed E-state index contributed by atoms with van der Waals surface area (Å²) in [4.78, 5) is 2.01. The van der Waals surface area contributed by atoms with Gasteiger partial charge in [0.25, 0.3) is 0 Å². The van der Waals surface area contributed by atoms with Crippen molar-refractivity contribution in [2.45, 2.75) is 13.5 Å². The molecule has 0 saturated carbocycles. The van der Waals surface area contributed by atoms with Gasteiger partial charge in [-0.05, 0) is 26.1 Å². The number of halogens is 1. The Morgan fingerprint density at radius 1 is 1.53 bits per heavy atom. The number of nitrogens with zero attached hydrogens (tertiary/aromatic N) is 1. The van der Waals surface area contributed by atoms with E-state index in [1.807, 2.05) is 18.9 Å². The van der Waals surface area contributed by atoms with Gasteiger partial charge in [-0.1, -0.05) is 18.2 Å². The molecule has 0 atom stereocenters. The molecule has 82 valence electrons. The number of anilines is 1. The minimum atomic E-state index is -0.247. The molecule has 0 aliphatic rings. The van der Waals surface area contributed by atoms with Gasteiger partial charge in [-0.3, -0.25) is 4.90 Å². The van der Waals surface area contributed by atoms with E-state index >= 15 is 0 Å². The standard InChI is InChI=1S/C12H17FN2/c1-9(2)7-15(3)8-10-4-5-11(14)6-12(10)13/h4-6H,1,7-8,14H2,2-3H3. The summed E-state index contributed by atoms with van der Waals surface area (Å²) in [7, 11) is 1.93. The van der Waals surface area contributed by atoms with Crippen LogP contribution >= 0.6 is 0 Å². The quantitative estimate of drug-likeness (QED) is 0.608. The fraction of sp³-hybridized carbons (Fsp3) is 0.333. The number of likely N-dealkylation sites (N-methyl/N-ethyl adjacent to an activating group) is 1. The van der Waals surface area contributed by atoms with Crippen LogP contribution in [0.15, 0.2) is 30.4 Å². The van der Waals surface area contributed by atoms with Crippen molar-refractivity contribution >= 4 is 5.69 Å². The Bertz CT molecular complexity index is 361. The van der Waals surface area contributed by atoms with Crippen LogP contribution in [0, 0.1) is 5.82 Å². The molecule has 15 heavy (non-hydrogen) atoms. The molecule has 0 bridgehead atoms. The molecule has 2 nitrogen and oxygen atoms in total. The molecule has 0 aromatic heterocycles. The molecule has 0 amide bonds. The van der Waals surface area contributed by atoms with E-state index in [0.717, 1.165) is 12.1 Å². The summed E-state index contributed by atoms with van der Waals surface area (Å²) in [6.45, 7) is 7.11.